The first kappa shape index (κ1) is 25.7. The van der Waals surface area contributed by atoms with Crippen LogP contribution in [0.2, 0.25) is 0 Å². The van der Waals surface area contributed by atoms with Gasteiger partial charge in [0.05, 0.1) is 10.9 Å². The molecule has 2 heterocycles. The zero-order chi connectivity index (χ0) is 21.9. The molecule has 6 heteroatoms. The lowest BCUT2D eigenvalue weighted by atomic mass is 9.92. The van der Waals surface area contributed by atoms with E-state index in [1.54, 1.807) is 23.5 Å². The van der Waals surface area contributed by atoms with Gasteiger partial charge in [-0.3, -0.25) is 4.79 Å². The van der Waals surface area contributed by atoms with Crippen LogP contribution in [-0.2, 0) is 4.79 Å². The fourth-order valence-electron chi connectivity index (χ4n) is 3.85. The van der Waals surface area contributed by atoms with E-state index in [-0.39, 0.29) is 11.2 Å². The number of hydrogen-bond donors (Lipinski definition) is 1. The van der Waals surface area contributed by atoms with Crippen LogP contribution in [-0.4, -0.2) is 28.7 Å². The Morgan fingerprint density at radius 1 is 1.17 bits per heavy atom. The third-order valence-corrected chi connectivity index (χ3v) is 8.53. The summed E-state index contributed by atoms with van der Waals surface area (Å²) in [5.41, 5.74) is 1.88. The predicted octanol–water partition coefficient (Wildman–Crippen LogP) is 7.94. The van der Waals surface area contributed by atoms with Crippen molar-refractivity contribution in [3.8, 4) is 0 Å². The second kappa shape index (κ2) is 13.7. The molecule has 0 fully saturated rings. The quantitative estimate of drug-likeness (QED) is 0.250. The van der Waals surface area contributed by atoms with Crippen molar-refractivity contribution in [3.05, 3.63) is 22.7 Å². The van der Waals surface area contributed by atoms with Crippen molar-refractivity contribution in [3.63, 3.8) is 0 Å². The maximum atomic E-state index is 13.5. The Kier molecular flexibility index (Phi) is 11.8. The zero-order valence-corrected chi connectivity index (χ0v) is 21.7. The Morgan fingerprint density at radius 2 is 1.90 bits per heavy atom. The predicted molar refractivity (Wildman–Crippen MR) is 137 cm³/mol. The van der Waals surface area contributed by atoms with Crippen molar-refractivity contribution in [1.29, 1.82) is 0 Å². The number of thioether (sulfide) groups is 3. The monoisotopic (exact) mass is 466 g/mol. The Hall–Kier alpha value is -0.590. The molecule has 0 saturated carbocycles. The van der Waals surface area contributed by atoms with Crippen LogP contribution in [0, 0.1) is 12.8 Å². The fraction of sp³-hybridized carbons (Fsp3) is 0.667. The van der Waals surface area contributed by atoms with Crippen LogP contribution in [0.4, 0.5) is 5.69 Å². The van der Waals surface area contributed by atoms with Crippen molar-refractivity contribution in [1.82, 2.24) is 4.98 Å². The van der Waals surface area contributed by atoms with Gasteiger partial charge in [-0.2, -0.15) is 0 Å². The molecule has 1 aromatic heterocycles. The molecule has 0 aromatic carbocycles. The second-order valence-electron chi connectivity index (χ2n) is 8.00. The molecule has 3 nitrogen and oxygen atoms in total. The Bertz CT molecular complexity index is 695. The third-order valence-electron chi connectivity index (χ3n) is 5.56. The number of aryl methyl sites for hydroxylation is 1. The molecule has 1 aliphatic heterocycles. The standard InChI is InChI=1S/C24H38N2OS3/c1-6-8-10-12-18-14-15-19(13-11-9-7-2)30-22(18)23(27)26-21-20(28-4)16-17(3)25-24(21)29-5/h15-16,18,22H,6-14H2,1-5H3,(H,26,27). The Morgan fingerprint density at radius 3 is 2.57 bits per heavy atom. The average Bonchev–Trinajstić information content (AvgIpc) is 2.75. The number of carbonyl (C=O) groups is 1. The van der Waals surface area contributed by atoms with Gasteiger partial charge in [0.15, 0.2) is 0 Å². The normalized spacial score (nSPS) is 18.9. The number of anilines is 1. The minimum atomic E-state index is -0.00537. The molecule has 2 rings (SSSR count). The summed E-state index contributed by atoms with van der Waals surface area (Å²) in [7, 11) is 0. The van der Waals surface area contributed by atoms with E-state index >= 15 is 0 Å². The number of rotatable bonds is 12. The molecule has 2 atom stereocenters. The Balaban J connectivity index is 2.19. The number of pyridine rings is 1. The molecule has 30 heavy (non-hydrogen) atoms. The largest absolute Gasteiger partial charge is 0.322 e. The minimum absolute atomic E-state index is 0.00537. The molecule has 2 unspecified atom stereocenters. The number of allylic oxidation sites excluding steroid dienone is 2. The number of unbranched alkanes of at least 4 members (excludes halogenated alkanes) is 4. The number of nitrogens with one attached hydrogen (secondary N) is 1. The summed E-state index contributed by atoms with van der Waals surface area (Å²) in [6, 6.07) is 2.07. The van der Waals surface area contributed by atoms with Gasteiger partial charge in [-0.25, -0.2) is 4.98 Å². The maximum absolute atomic E-state index is 13.5. The lowest BCUT2D eigenvalue weighted by molar-refractivity contribution is -0.116. The molecule has 0 saturated heterocycles. The first-order chi connectivity index (χ1) is 14.5. The van der Waals surface area contributed by atoms with E-state index in [0.717, 1.165) is 40.6 Å². The minimum Gasteiger partial charge on any atom is -0.322 e. The number of amides is 1. The molecule has 1 N–H and O–H groups in total. The molecule has 0 spiro atoms. The van der Waals surface area contributed by atoms with E-state index in [1.807, 2.05) is 24.9 Å². The highest BCUT2D eigenvalue weighted by Gasteiger charge is 2.32. The SMILES string of the molecule is CCCCCC1=CCC(CCCCC)C(C(=O)Nc2c(SC)cc(C)nc2SC)S1. The van der Waals surface area contributed by atoms with Crippen LogP contribution in [0.3, 0.4) is 0 Å². The van der Waals surface area contributed by atoms with Gasteiger partial charge >= 0.3 is 0 Å². The highest BCUT2D eigenvalue weighted by atomic mass is 32.2. The van der Waals surface area contributed by atoms with E-state index in [0.29, 0.717) is 5.92 Å². The van der Waals surface area contributed by atoms with E-state index < -0.39 is 0 Å². The first-order valence-corrected chi connectivity index (χ1v) is 14.6. The molecule has 1 aromatic rings. The Labute approximate surface area is 196 Å². The van der Waals surface area contributed by atoms with Gasteiger partial charge < -0.3 is 5.32 Å². The summed E-state index contributed by atoms with van der Waals surface area (Å²) in [6.45, 7) is 6.49. The summed E-state index contributed by atoms with van der Waals surface area (Å²) in [6.07, 6.45) is 17.2. The molecule has 0 radical (unpaired) electrons. The zero-order valence-electron chi connectivity index (χ0n) is 19.3. The van der Waals surface area contributed by atoms with Crippen molar-refractivity contribution < 1.29 is 4.79 Å². The maximum Gasteiger partial charge on any atom is 0.238 e. The van der Waals surface area contributed by atoms with Gasteiger partial charge in [-0.1, -0.05) is 52.0 Å². The summed E-state index contributed by atoms with van der Waals surface area (Å²) in [4.78, 5) is 20.7. The smallest absolute Gasteiger partial charge is 0.238 e. The fourth-order valence-corrected chi connectivity index (χ4v) is 6.54. The van der Waals surface area contributed by atoms with E-state index in [1.165, 1.54) is 43.4 Å². The summed E-state index contributed by atoms with van der Waals surface area (Å²) < 4.78 is 0. The summed E-state index contributed by atoms with van der Waals surface area (Å²) >= 11 is 5.10. The number of aromatic nitrogens is 1. The molecular weight excluding hydrogens is 428 g/mol. The molecule has 0 bridgehead atoms. The van der Waals surface area contributed by atoms with Crippen molar-refractivity contribution in [2.24, 2.45) is 5.92 Å². The topological polar surface area (TPSA) is 42.0 Å². The molecule has 168 valence electrons. The number of nitrogens with zero attached hydrogens (tertiary/aromatic N) is 1. The van der Waals surface area contributed by atoms with Crippen molar-refractivity contribution in [2.45, 2.75) is 93.7 Å². The van der Waals surface area contributed by atoms with Gasteiger partial charge in [0.2, 0.25) is 5.91 Å². The van der Waals surface area contributed by atoms with E-state index in [4.69, 9.17) is 0 Å². The molecular formula is C24H38N2OS3. The molecule has 0 aliphatic carbocycles. The highest BCUT2D eigenvalue weighted by molar-refractivity contribution is 8.04. The van der Waals surface area contributed by atoms with Crippen LogP contribution >= 0.6 is 35.3 Å². The third kappa shape index (κ3) is 7.52. The molecule has 1 aliphatic rings. The van der Waals surface area contributed by atoms with Crippen LogP contribution in [0.1, 0.15) is 77.3 Å². The lowest BCUT2D eigenvalue weighted by Gasteiger charge is -2.30. The van der Waals surface area contributed by atoms with Crippen LogP contribution in [0.15, 0.2) is 27.0 Å². The molecule has 1 amide bonds. The first-order valence-electron chi connectivity index (χ1n) is 11.3. The number of carbonyl (C=O) groups excluding carboxylic acids is 1. The highest BCUT2D eigenvalue weighted by Crippen LogP contribution is 2.41. The van der Waals surface area contributed by atoms with Crippen LogP contribution in [0.25, 0.3) is 0 Å². The van der Waals surface area contributed by atoms with E-state index in [9.17, 15) is 4.79 Å². The summed E-state index contributed by atoms with van der Waals surface area (Å²) in [5.74, 6) is 0.573. The van der Waals surface area contributed by atoms with Crippen LogP contribution in [0.5, 0.6) is 0 Å². The second-order valence-corrected chi connectivity index (χ2v) is 10.9. The van der Waals surface area contributed by atoms with Crippen molar-refractivity contribution in [2.75, 3.05) is 17.8 Å². The number of hydrogen-bond acceptors (Lipinski definition) is 5. The van der Waals surface area contributed by atoms with Crippen LogP contribution < -0.4 is 5.32 Å². The van der Waals surface area contributed by atoms with Gasteiger partial charge in [0.25, 0.3) is 0 Å². The summed E-state index contributed by atoms with van der Waals surface area (Å²) in [5, 5.41) is 4.20. The average molecular weight is 467 g/mol. The van der Waals surface area contributed by atoms with Gasteiger partial charge in [-0.05, 0) is 62.0 Å². The van der Waals surface area contributed by atoms with Gasteiger partial charge in [0, 0.05) is 10.6 Å². The van der Waals surface area contributed by atoms with Gasteiger partial charge in [-0.15, -0.1) is 35.3 Å². The van der Waals surface area contributed by atoms with E-state index in [2.05, 4.69) is 42.5 Å². The lowest BCUT2D eigenvalue weighted by Crippen LogP contribution is -2.34. The van der Waals surface area contributed by atoms with Gasteiger partial charge in [0.1, 0.15) is 5.03 Å². The van der Waals surface area contributed by atoms with Crippen molar-refractivity contribution >= 4 is 46.9 Å².